The Morgan fingerprint density at radius 3 is 2.47 bits per heavy atom. The minimum Gasteiger partial charge on any atom is -0.422 e. The summed E-state index contributed by atoms with van der Waals surface area (Å²) in [6.07, 6.45) is 1.35. The quantitative estimate of drug-likeness (QED) is 0.128. The van der Waals surface area contributed by atoms with E-state index in [-0.39, 0.29) is 23.1 Å². The van der Waals surface area contributed by atoms with E-state index in [1.807, 2.05) is 6.07 Å². The Labute approximate surface area is 223 Å². The van der Waals surface area contributed by atoms with Crippen LogP contribution in [0.2, 0.25) is 0 Å². The number of hydrogen-bond donors (Lipinski definition) is 2. The van der Waals surface area contributed by atoms with Crippen LogP contribution < -0.4 is 15.9 Å². The van der Waals surface area contributed by atoms with Gasteiger partial charge in [0.2, 0.25) is 11.6 Å². The van der Waals surface area contributed by atoms with E-state index >= 15 is 0 Å². The van der Waals surface area contributed by atoms with E-state index in [4.69, 9.17) is 10.5 Å². The number of benzene rings is 3. The number of hydrazone groups is 1. The number of amides is 1. The molecule has 0 aliphatic rings. The first kappa shape index (κ1) is 24.5. The highest BCUT2D eigenvalue weighted by Gasteiger charge is 2.25. The van der Waals surface area contributed by atoms with Crippen molar-refractivity contribution >= 4 is 39.8 Å². The molecule has 38 heavy (non-hydrogen) atoms. The predicted octanol–water partition coefficient (Wildman–Crippen LogP) is 3.65. The van der Waals surface area contributed by atoms with Crippen molar-refractivity contribution in [2.24, 2.45) is 5.10 Å². The smallest absolute Gasteiger partial charge is 0.343 e. The van der Waals surface area contributed by atoms with E-state index in [9.17, 15) is 9.59 Å². The highest BCUT2D eigenvalue weighted by molar-refractivity contribution is 9.10. The third-order valence-electron chi connectivity index (χ3n) is 5.18. The fraction of sp³-hybridized carbons (Fsp3) is 0. The number of carbonyl (C=O) groups is 2. The van der Waals surface area contributed by atoms with Crippen LogP contribution in [0.15, 0.2) is 93.1 Å². The van der Waals surface area contributed by atoms with Gasteiger partial charge in [-0.25, -0.2) is 14.8 Å². The third kappa shape index (κ3) is 5.17. The van der Waals surface area contributed by atoms with Crippen LogP contribution in [0.25, 0.3) is 17.1 Å². The molecule has 0 radical (unpaired) electrons. The topological polar surface area (TPSA) is 163 Å². The number of nitrogens with zero attached hydrogens (tertiary/aromatic N) is 6. The maximum absolute atomic E-state index is 13.1. The molecule has 13 heteroatoms. The minimum atomic E-state index is -0.654. The lowest BCUT2D eigenvalue weighted by molar-refractivity contribution is 0.0734. The molecule has 0 atom stereocenters. The van der Waals surface area contributed by atoms with Gasteiger partial charge in [-0.15, -0.1) is 5.10 Å². The first-order valence-corrected chi connectivity index (χ1v) is 11.8. The van der Waals surface area contributed by atoms with Crippen molar-refractivity contribution in [2.45, 2.75) is 0 Å². The molecule has 0 bridgehead atoms. The molecule has 0 unspecified atom stereocenters. The molecule has 1 amide bonds. The normalized spacial score (nSPS) is 11.0. The van der Waals surface area contributed by atoms with Crippen LogP contribution in [-0.2, 0) is 0 Å². The molecule has 3 aromatic carbocycles. The van der Waals surface area contributed by atoms with Gasteiger partial charge in [0.1, 0.15) is 11.4 Å². The second-order valence-electron chi connectivity index (χ2n) is 7.67. The van der Waals surface area contributed by atoms with Crippen LogP contribution in [0.5, 0.6) is 5.75 Å². The van der Waals surface area contributed by atoms with Crippen molar-refractivity contribution in [3.63, 3.8) is 0 Å². The summed E-state index contributed by atoms with van der Waals surface area (Å²) in [5, 5.41) is 19.4. The molecule has 2 aromatic heterocycles. The van der Waals surface area contributed by atoms with Crippen LogP contribution in [0.3, 0.4) is 0 Å². The first-order chi connectivity index (χ1) is 18.5. The zero-order chi connectivity index (χ0) is 26.5. The Morgan fingerprint density at radius 1 is 1.03 bits per heavy atom. The lowest BCUT2D eigenvalue weighted by atomic mass is 10.1. The van der Waals surface area contributed by atoms with Crippen molar-refractivity contribution in [1.29, 1.82) is 0 Å². The van der Waals surface area contributed by atoms with E-state index in [0.717, 1.165) is 4.47 Å². The fourth-order valence-corrected chi connectivity index (χ4v) is 3.81. The molecule has 0 fully saturated rings. The molecule has 188 valence electrons. The average Bonchev–Trinajstić information content (AvgIpc) is 3.57. The third-order valence-corrected chi connectivity index (χ3v) is 5.68. The fourth-order valence-electron chi connectivity index (χ4n) is 3.44. The van der Waals surface area contributed by atoms with E-state index < -0.39 is 11.9 Å². The summed E-state index contributed by atoms with van der Waals surface area (Å²) >= 11 is 3.39. The summed E-state index contributed by atoms with van der Waals surface area (Å²) in [5.74, 6) is -0.872. The number of carbonyl (C=O) groups excluding carboxylic acids is 2. The van der Waals surface area contributed by atoms with Crippen molar-refractivity contribution in [3.8, 4) is 22.8 Å². The van der Waals surface area contributed by atoms with Crippen molar-refractivity contribution in [3.05, 3.63) is 100 Å². The van der Waals surface area contributed by atoms with Gasteiger partial charge in [0.15, 0.2) is 5.69 Å². The second-order valence-corrected chi connectivity index (χ2v) is 8.59. The van der Waals surface area contributed by atoms with Gasteiger partial charge < -0.3 is 10.5 Å². The Bertz CT molecular complexity index is 1630. The van der Waals surface area contributed by atoms with Crippen molar-refractivity contribution in [2.75, 3.05) is 5.73 Å². The molecule has 0 saturated heterocycles. The summed E-state index contributed by atoms with van der Waals surface area (Å²) in [5.41, 5.74) is 9.98. The molecule has 5 aromatic rings. The lowest BCUT2D eigenvalue weighted by Gasteiger charge is -2.08. The van der Waals surface area contributed by atoms with Gasteiger partial charge in [0.05, 0.1) is 11.8 Å². The van der Waals surface area contributed by atoms with Crippen LogP contribution in [0.4, 0.5) is 5.82 Å². The molecule has 0 spiro atoms. The average molecular weight is 573 g/mol. The van der Waals surface area contributed by atoms with Gasteiger partial charge in [0.25, 0.3) is 5.91 Å². The highest BCUT2D eigenvalue weighted by atomic mass is 79.9. The Morgan fingerprint density at radius 2 is 1.76 bits per heavy atom. The number of halogens is 1. The number of nitrogens with one attached hydrogen (secondary N) is 1. The van der Waals surface area contributed by atoms with Crippen LogP contribution in [0, 0.1) is 0 Å². The molecule has 0 aliphatic heterocycles. The molecular weight excluding hydrogens is 556 g/mol. The number of nitrogens with two attached hydrogens (primary N) is 1. The number of hydrogen-bond acceptors (Lipinski definition) is 10. The monoisotopic (exact) mass is 572 g/mol. The summed E-state index contributed by atoms with van der Waals surface area (Å²) in [7, 11) is 0. The summed E-state index contributed by atoms with van der Waals surface area (Å²) < 4.78 is 12.2. The van der Waals surface area contributed by atoms with Gasteiger partial charge in [-0.1, -0.05) is 69.7 Å². The van der Waals surface area contributed by atoms with E-state index in [0.29, 0.717) is 22.4 Å². The molecule has 5 rings (SSSR count). The van der Waals surface area contributed by atoms with Gasteiger partial charge in [-0.3, -0.25) is 4.79 Å². The van der Waals surface area contributed by atoms with Gasteiger partial charge in [-0.05, 0) is 40.6 Å². The zero-order valence-electron chi connectivity index (χ0n) is 19.4. The van der Waals surface area contributed by atoms with Gasteiger partial charge in [0, 0.05) is 15.6 Å². The van der Waals surface area contributed by atoms with Crippen molar-refractivity contribution in [1.82, 2.24) is 30.7 Å². The molecule has 0 aliphatic carbocycles. The van der Waals surface area contributed by atoms with E-state index in [1.54, 1.807) is 72.8 Å². The molecular formula is C25H17BrN8O4. The van der Waals surface area contributed by atoms with Gasteiger partial charge >= 0.3 is 5.97 Å². The highest BCUT2D eigenvalue weighted by Crippen LogP contribution is 2.26. The van der Waals surface area contributed by atoms with Crippen LogP contribution in [0.1, 0.15) is 26.4 Å². The number of aromatic nitrogens is 5. The lowest BCUT2D eigenvalue weighted by Crippen LogP contribution is -2.19. The minimum absolute atomic E-state index is 0.0238. The second kappa shape index (κ2) is 10.8. The molecule has 12 nitrogen and oxygen atoms in total. The summed E-state index contributed by atoms with van der Waals surface area (Å²) in [4.78, 5) is 25.6. The van der Waals surface area contributed by atoms with Crippen LogP contribution >= 0.6 is 15.9 Å². The summed E-state index contributed by atoms with van der Waals surface area (Å²) in [6.45, 7) is 0. The maximum Gasteiger partial charge on any atom is 0.343 e. The van der Waals surface area contributed by atoms with E-state index in [1.165, 1.54) is 10.9 Å². The predicted molar refractivity (Wildman–Crippen MR) is 140 cm³/mol. The molecule has 2 heterocycles. The maximum atomic E-state index is 13.1. The summed E-state index contributed by atoms with van der Waals surface area (Å²) in [6, 6.07) is 22.6. The Hall–Kier alpha value is -5.17. The standard InChI is InChI=1S/C25H17BrN8O4/c26-18-11-12-19(37-25(36)16-9-5-2-6-10-16)17(13-18)14-28-30-24(35)20-21(15-7-3-1-4-8-15)34(33-29-20)23-22(27)31-38-32-23/h1-14H,(H2,27,31)(H,30,35). The molecule has 3 N–H and O–H groups in total. The number of esters is 1. The zero-order valence-corrected chi connectivity index (χ0v) is 20.9. The number of ether oxygens (including phenoxy) is 1. The van der Waals surface area contributed by atoms with Crippen LogP contribution in [-0.4, -0.2) is 43.4 Å². The Kier molecular flexibility index (Phi) is 6.99. The van der Waals surface area contributed by atoms with Crippen molar-refractivity contribution < 1.29 is 19.0 Å². The van der Waals surface area contributed by atoms with Gasteiger partial charge in [-0.2, -0.15) is 9.78 Å². The van der Waals surface area contributed by atoms with E-state index in [2.05, 4.69) is 51.7 Å². The Balaban J connectivity index is 1.40. The number of nitrogen functional groups attached to an aromatic ring is 1. The molecule has 0 saturated carbocycles. The number of rotatable bonds is 7. The number of anilines is 1. The SMILES string of the molecule is Nc1nonc1-n1nnc(C(=O)NN=Cc2cc(Br)ccc2OC(=O)c2ccccc2)c1-c1ccccc1. The largest absolute Gasteiger partial charge is 0.422 e. The first-order valence-electron chi connectivity index (χ1n) is 11.0.